The van der Waals surface area contributed by atoms with Gasteiger partial charge in [0.05, 0.1) is 18.0 Å². The highest BCUT2D eigenvalue weighted by Gasteiger charge is 2.24. The van der Waals surface area contributed by atoms with Gasteiger partial charge in [-0.25, -0.2) is 13.1 Å². The molecule has 1 heterocycles. The van der Waals surface area contributed by atoms with Crippen LogP contribution in [0, 0.1) is 6.92 Å². The number of aryl methyl sites for hydroxylation is 1. The van der Waals surface area contributed by atoms with Gasteiger partial charge >= 0.3 is 6.01 Å². The third kappa shape index (κ3) is 3.12. The number of nitrogens with one attached hydrogen (secondary N) is 1. The van der Waals surface area contributed by atoms with Crippen molar-refractivity contribution in [1.29, 1.82) is 0 Å². The molecular weight excluding hydrogens is 304 g/mol. The van der Waals surface area contributed by atoms with E-state index in [0.29, 0.717) is 23.9 Å². The minimum absolute atomic E-state index is 0.261. The lowest BCUT2D eigenvalue weighted by Gasteiger charge is -2.15. The first-order valence-corrected chi connectivity index (χ1v) is 8.44. The van der Waals surface area contributed by atoms with Crippen molar-refractivity contribution in [3.8, 4) is 6.01 Å². The van der Waals surface area contributed by atoms with Gasteiger partial charge in [0.25, 0.3) is 0 Å². The predicted molar refractivity (Wildman–Crippen MR) is 82.2 cm³/mol. The maximum absolute atomic E-state index is 12.5. The van der Waals surface area contributed by atoms with Gasteiger partial charge in [-0.2, -0.15) is 0 Å². The zero-order valence-corrected chi connectivity index (χ0v) is 13.9. The standard InChI is InChI=1S/C14H20N4O3S/c1-5-18-13(15-16-14(18)21-4)11(3)17-22(19,20)12-9-7-6-8-10(12)2/h6-9,11,17H,5H2,1-4H3/t11-/m1/s1. The van der Waals surface area contributed by atoms with E-state index in [1.165, 1.54) is 7.11 Å². The summed E-state index contributed by atoms with van der Waals surface area (Å²) >= 11 is 0. The highest BCUT2D eigenvalue weighted by molar-refractivity contribution is 7.89. The van der Waals surface area contributed by atoms with Gasteiger partial charge < -0.3 is 4.74 Å². The van der Waals surface area contributed by atoms with Crippen LogP contribution in [0.4, 0.5) is 0 Å². The van der Waals surface area contributed by atoms with Crippen molar-refractivity contribution in [1.82, 2.24) is 19.5 Å². The van der Waals surface area contributed by atoms with Crippen molar-refractivity contribution in [2.24, 2.45) is 0 Å². The van der Waals surface area contributed by atoms with Crippen LogP contribution in [0.2, 0.25) is 0 Å². The largest absolute Gasteiger partial charge is 0.467 e. The zero-order valence-electron chi connectivity index (χ0n) is 13.1. The monoisotopic (exact) mass is 324 g/mol. The SMILES string of the molecule is CCn1c(OC)nnc1[C@@H](C)NS(=O)(=O)c1ccccc1C. The average Bonchev–Trinajstić information content (AvgIpc) is 2.90. The lowest BCUT2D eigenvalue weighted by molar-refractivity contribution is 0.354. The predicted octanol–water partition coefficient (Wildman–Crippen LogP) is 1.65. The van der Waals surface area contributed by atoms with Gasteiger partial charge in [-0.05, 0) is 32.4 Å². The van der Waals surface area contributed by atoms with E-state index in [9.17, 15) is 8.42 Å². The second kappa shape index (κ2) is 6.45. The van der Waals surface area contributed by atoms with E-state index in [4.69, 9.17) is 4.74 Å². The summed E-state index contributed by atoms with van der Waals surface area (Å²) in [5.41, 5.74) is 0.691. The summed E-state index contributed by atoms with van der Waals surface area (Å²) in [5, 5.41) is 7.92. The Morgan fingerprint density at radius 3 is 2.59 bits per heavy atom. The molecule has 2 aromatic rings. The number of aromatic nitrogens is 3. The molecule has 0 bridgehead atoms. The van der Waals surface area contributed by atoms with E-state index in [-0.39, 0.29) is 4.90 Å². The van der Waals surface area contributed by atoms with Gasteiger partial charge in [-0.3, -0.25) is 4.57 Å². The van der Waals surface area contributed by atoms with Gasteiger partial charge in [0.15, 0.2) is 5.82 Å². The average molecular weight is 324 g/mol. The van der Waals surface area contributed by atoms with Crippen molar-refractivity contribution in [2.75, 3.05) is 7.11 Å². The molecule has 2 rings (SSSR count). The highest BCUT2D eigenvalue weighted by atomic mass is 32.2. The van der Waals surface area contributed by atoms with Gasteiger partial charge in [0.1, 0.15) is 0 Å². The van der Waals surface area contributed by atoms with Crippen molar-refractivity contribution in [3.63, 3.8) is 0 Å². The molecule has 0 radical (unpaired) electrons. The number of hydrogen-bond acceptors (Lipinski definition) is 5. The summed E-state index contributed by atoms with van der Waals surface area (Å²) in [5.74, 6) is 0.511. The normalized spacial score (nSPS) is 13.1. The van der Waals surface area contributed by atoms with E-state index >= 15 is 0 Å². The maximum Gasteiger partial charge on any atom is 0.316 e. The number of methoxy groups -OCH3 is 1. The van der Waals surface area contributed by atoms with Crippen LogP contribution in [0.25, 0.3) is 0 Å². The van der Waals surface area contributed by atoms with E-state index in [2.05, 4.69) is 14.9 Å². The number of benzene rings is 1. The maximum atomic E-state index is 12.5. The van der Waals surface area contributed by atoms with Crippen LogP contribution in [0.1, 0.15) is 31.3 Å². The molecule has 7 nitrogen and oxygen atoms in total. The molecule has 22 heavy (non-hydrogen) atoms. The molecule has 1 N–H and O–H groups in total. The Balaban J connectivity index is 2.31. The first kappa shape index (κ1) is 16.4. The molecule has 0 aliphatic rings. The Kier molecular flexibility index (Phi) is 4.82. The third-order valence-electron chi connectivity index (χ3n) is 3.35. The third-order valence-corrected chi connectivity index (χ3v) is 5.05. The fourth-order valence-corrected chi connectivity index (χ4v) is 3.72. The molecule has 0 fully saturated rings. The molecule has 8 heteroatoms. The van der Waals surface area contributed by atoms with Crippen LogP contribution >= 0.6 is 0 Å². The number of rotatable bonds is 6. The van der Waals surface area contributed by atoms with Gasteiger partial charge in [0, 0.05) is 6.54 Å². The molecule has 120 valence electrons. The van der Waals surface area contributed by atoms with Crippen molar-refractivity contribution in [3.05, 3.63) is 35.7 Å². The van der Waals surface area contributed by atoms with Crippen LogP contribution in [-0.4, -0.2) is 30.3 Å². The molecule has 0 saturated carbocycles. The summed E-state index contributed by atoms with van der Waals surface area (Å²) in [6, 6.07) is 6.67. The number of nitrogens with zero attached hydrogens (tertiary/aromatic N) is 3. The molecule has 0 aliphatic carbocycles. The number of ether oxygens (including phenoxy) is 1. The van der Waals surface area contributed by atoms with E-state index in [1.54, 1.807) is 42.7 Å². The van der Waals surface area contributed by atoms with Crippen LogP contribution in [0.3, 0.4) is 0 Å². The molecule has 0 unspecified atom stereocenters. The van der Waals surface area contributed by atoms with Crippen LogP contribution < -0.4 is 9.46 Å². The number of hydrogen-bond donors (Lipinski definition) is 1. The molecular formula is C14H20N4O3S. The summed E-state index contributed by atoms with van der Waals surface area (Å²) in [7, 11) is -2.13. The second-order valence-electron chi connectivity index (χ2n) is 4.90. The fraction of sp³-hybridized carbons (Fsp3) is 0.429. The highest BCUT2D eigenvalue weighted by Crippen LogP contribution is 2.20. The first-order chi connectivity index (χ1) is 10.4. The fourth-order valence-electron chi connectivity index (χ4n) is 2.28. The summed E-state index contributed by atoms with van der Waals surface area (Å²) < 4.78 is 34.5. The minimum atomic E-state index is -3.63. The smallest absolute Gasteiger partial charge is 0.316 e. The van der Waals surface area contributed by atoms with Crippen molar-refractivity contribution < 1.29 is 13.2 Å². The first-order valence-electron chi connectivity index (χ1n) is 6.95. The van der Waals surface area contributed by atoms with E-state index in [1.807, 2.05) is 6.92 Å². The van der Waals surface area contributed by atoms with Gasteiger partial charge in [-0.1, -0.05) is 23.3 Å². The lowest BCUT2D eigenvalue weighted by atomic mass is 10.2. The van der Waals surface area contributed by atoms with E-state index < -0.39 is 16.1 Å². The Morgan fingerprint density at radius 1 is 1.32 bits per heavy atom. The lowest BCUT2D eigenvalue weighted by Crippen LogP contribution is -2.29. The molecule has 0 saturated heterocycles. The zero-order chi connectivity index (χ0) is 16.3. The van der Waals surface area contributed by atoms with Crippen molar-refractivity contribution in [2.45, 2.75) is 38.3 Å². The molecule has 1 atom stereocenters. The van der Waals surface area contributed by atoms with Crippen LogP contribution in [0.15, 0.2) is 29.2 Å². The Labute approximate surface area is 130 Å². The molecule has 0 amide bonds. The number of sulfonamides is 1. The Morgan fingerprint density at radius 2 is 2.00 bits per heavy atom. The van der Waals surface area contributed by atoms with E-state index in [0.717, 1.165) is 0 Å². The molecule has 0 aliphatic heterocycles. The van der Waals surface area contributed by atoms with Gasteiger partial charge in [-0.15, -0.1) is 5.10 Å². The second-order valence-corrected chi connectivity index (χ2v) is 6.58. The van der Waals surface area contributed by atoms with Crippen molar-refractivity contribution >= 4 is 10.0 Å². The molecule has 1 aromatic heterocycles. The molecule has 1 aromatic carbocycles. The quantitative estimate of drug-likeness (QED) is 0.873. The molecule has 0 spiro atoms. The van der Waals surface area contributed by atoms with Gasteiger partial charge in [0.2, 0.25) is 10.0 Å². The Bertz CT molecular complexity index is 755. The summed E-state index contributed by atoms with van der Waals surface area (Å²) in [6.07, 6.45) is 0. The topological polar surface area (TPSA) is 86.1 Å². The summed E-state index contributed by atoms with van der Waals surface area (Å²) in [4.78, 5) is 0.261. The summed E-state index contributed by atoms with van der Waals surface area (Å²) in [6.45, 7) is 5.99. The Hall–Kier alpha value is -1.93. The minimum Gasteiger partial charge on any atom is -0.467 e. The van der Waals surface area contributed by atoms with Crippen LogP contribution in [0.5, 0.6) is 6.01 Å². The van der Waals surface area contributed by atoms with Crippen LogP contribution in [-0.2, 0) is 16.6 Å².